The molecule has 0 saturated heterocycles. The zero-order valence-electron chi connectivity index (χ0n) is 13.4. The fourth-order valence-corrected chi connectivity index (χ4v) is 5.44. The maximum atomic E-state index is 13.7. The van der Waals surface area contributed by atoms with Crippen LogP contribution in [0.25, 0.3) is 11.1 Å². The number of hydrogen-bond donors (Lipinski definition) is 0. The van der Waals surface area contributed by atoms with Crippen LogP contribution in [0.3, 0.4) is 0 Å². The first-order valence-corrected chi connectivity index (χ1v) is 9.26. The Labute approximate surface area is 131 Å². The van der Waals surface area contributed by atoms with Gasteiger partial charge in [0.05, 0.1) is 12.4 Å². The number of rotatable bonds is 2. The lowest BCUT2D eigenvalue weighted by Crippen LogP contribution is -2.23. The lowest BCUT2D eigenvalue weighted by atomic mass is 10.0. The summed E-state index contributed by atoms with van der Waals surface area (Å²) in [4.78, 5) is 0. The van der Waals surface area contributed by atoms with Gasteiger partial charge >= 0.3 is 0 Å². The molecule has 4 heteroatoms. The molecule has 0 fully saturated rings. The van der Waals surface area contributed by atoms with Gasteiger partial charge in [0, 0.05) is 10.7 Å². The minimum Gasteiger partial charge on any atom is -0.496 e. The molecular weight excluding hydrogens is 295 g/mol. The van der Waals surface area contributed by atoms with Crippen molar-refractivity contribution in [2.45, 2.75) is 25.9 Å². The summed E-state index contributed by atoms with van der Waals surface area (Å²) in [7, 11) is -1.00. The molecule has 2 aromatic rings. The van der Waals surface area contributed by atoms with Crippen LogP contribution in [0.15, 0.2) is 42.5 Å². The van der Waals surface area contributed by atoms with E-state index in [9.17, 15) is 4.57 Å². The van der Waals surface area contributed by atoms with Crippen molar-refractivity contribution in [3.63, 3.8) is 0 Å². The number of ether oxygens (including phenoxy) is 2. The van der Waals surface area contributed by atoms with E-state index in [-0.39, 0.29) is 11.5 Å². The van der Waals surface area contributed by atoms with Crippen LogP contribution in [0.4, 0.5) is 0 Å². The van der Waals surface area contributed by atoms with Crippen LogP contribution in [0, 0.1) is 0 Å². The van der Waals surface area contributed by atoms with E-state index in [0.717, 1.165) is 27.9 Å². The smallest absolute Gasteiger partial charge is 0.160 e. The minimum absolute atomic E-state index is 0.276. The van der Waals surface area contributed by atoms with Gasteiger partial charge in [-0.15, -0.1) is 0 Å². The summed E-state index contributed by atoms with van der Waals surface area (Å²) in [5.41, 5.74) is 1.91. The van der Waals surface area contributed by atoms with Gasteiger partial charge in [-0.2, -0.15) is 0 Å². The predicted octanol–water partition coefficient (Wildman–Crippen LogP) is 4.50. The van der Waals surface area contributed by atoms with Crippen molar-refractivity contribution in [2.24, 2.45) is 0 Å². The Kier molecular flexibility index (Phi) is 3.57. The van der Waals surface area contributed by atoms with E-state index in [4.69, 9.17) is 9.47 Å². The van der Waals surface area contributed by atoms with E-state index >= 15 is 0 Å². The molecule has 3 rings (SSSR count). The average Bonchev–Trinajstić information content (AvgIpc) is 2.86. The highest BCUT2D eigenvalue weighted by Crippen LogP contribution is 2.63. The highest BCUT2D eigenvalue weighted by atomic mass is 31.2. The van der Waals surface area contributed by atoms with Crippen LogP contribution >= 0.6 is 7.14 Å². The zero-order valence-corrected chi connectivity index (χ0v) is 14.3. The number of para-hydroxylation sites is 1. The van der Waals surface area contributed by atoms with Gasteiger partial charge in [-0.25, -0.2) is 0 Å². The first kappa shape index (κ1) is 15.2. The van der Waals surface area contributed by atoms with Crippen LogP contribution in [-0.4, -0.2) is 18.6 Å². The predicted molar refractivity (Wildman–Crippen MR) is 90.9 cm³/mol. The largest absolute Gasteiger partial charge is 0.496 e. The Bertz CT molecular complexity index is 759. The highest BCUT2D eigenvalue weighted by molar-refractivity contribution is 7.73. The zero-order chi connectivity index (χ0) is 16.0. The monoisotopic (exact) mass is 316 g/mol. The second kappa shape index (κ2) is 5.17. The van der Waals surface area contributed by atoms with Crippen LogP contribution in [-0.2, 0) is 4.57 Å². The van der Waals surface area contributed by atoms with Gasteiger partial charge in [-0.05, 0) is 17.7 Å². The standard InChI is InChI=1S/C18H21O3P/c1-18(2,3)22(19)12-21-16-11-7-9-14(17(16)22)13-8-5-6-10-15(13)20-4/h5-11H,12H2,1-4H3. The van der Waals surface area contributed by atoms with Gasteiger partial charge in [0.25, 0.3) is 0 Å². The summed E-state index contributed by atoms with van der Waals surface area (Å²) in [6.07, 6.45) is 0.276. The normalized spacial score (nSPS) is 20.4. The van der Waals surface area contributed by atoms with Gasteiger partial charge in [0.1, 0.15) is 17.8 Å². The van der Waals surface area contributed by atoms with E-state index in [1.165, 1.54) is 0 Å². The van der Waals surface area contributed by atoms with E-state index in [2.05, 4.69) is 0 Å². The van der Waals surface area contributed by atoms with Gasteiger partial charge in [0.2, 0.25) is 0 Å². The molecule has 0 bridgehead atoms. The first-order valence-electron chi connectivity index (χ1n) is 7.37. The van der Waals surface area contributed by atoms with Crippen LogP contribution < -0.4 is 14.8 Å². The number of fused-ring (bicyclic) bond motifs is 1. The van der Waals surface area contributed by atoms with Crippen molar-refractivity contribution in [1.29, 1.82) is 0 Å². The fraction of sp³-hybridized carbons (Fsp3) is 0.333. The molecule has 3 nitrogen and oxygen atoms in total. The van der Waals surface area contributed by atoms with E-state index in [0.29, 0.717) is 0 Å². The van der Waals surface area contributed by atoms with Gasteiger partial charge < -0.3 is 14.0 Å². The summed E-state index contributed by atoms with van der Waals surface area (Å²) < 4.78 is 24.9. The van der Waals surface area contributed by atoms with E-state index in [1.54, 1.807) is 7.11 Å². The van der Waals surface area contributed by atoms with Gasteiger partial charge in [-0.1, -0.05) is 51.1 Å². The molecule has 116 valence electrons. The third kappa shape index (κ3) is 2.16. The minimum atomic E-state index is -2.66. The van der Waals surface area contributed by atoms with Crippen molar-refractivity contribution in [3.8, 4) is 22.6 Å². The molecule has 0 aliphatic carbocycles. The molecule has 0 N–H and O–H groups in total. The molecule has 0 radical (unpaired) electrons. The molecule has 1 heterocycles. The lowest BCUT2D eigenvalue weighted by Gasteiger charge is -2.28. The Morgan fingerprint density at radius 2 is 1.73 bits per heavy atom. The molecule has 1 aliphatic heterocycles. The number of methoxy groups -OCH3 is 1. The second-order valence-electron chi connectivity index (χ2n) is 6.54. The van der Waals surface area contributed by atoms with Crippen molar-refractivity contribution >= 4 is 12.4 Å². The lowest BCUT2D eigenvalue weighted by molar-refractivity contribution is 0.389. The van der Waals surface area contributed by atoms with E-state index in [1.807, 2.05) is 63.2 Å². The Balaban J connectivity index is 2.30. The highest BCUT2D eigenvalue weighted by Gasteiger charge is 2.46. The van der Waals surface area contributed by atoms with E-state index < -0.39 is 7.14 Å². The molecule has 0 saturated carbocycles. The third-order valence-corrected chi connectivity index (χ3v) is 8.09. The Morgan fingerprint density at radius 3 is 2.41 bits per heavy atom. The van der Waals surface area contributed by atoms with Crippen molar-refractivity contribution in [1.82, 2.24) is 0 Å². The summed E-state index contributed by atoms with van der Waals surface area (Å²) >= 11 is 0. The average molecular weight is 316 g/mol. The summed E-state index contributed by atoms with van der Waals surface area (Å²) in [5.74, 6) is 1.52. The quantitative estimate of drug-likeness (QED) is 0.765. The molecule has 0 spiro atoms. The van der Waals surface area contributed by atoms with Gasteiger partial charge in [-0.3, -0.25) is 0 Å². The molecule has 0 aromatic heterocycles. The molecular formula is C18H21O3P. The third-order valence-electron chi connectivity index (χ3n) is 4.24. The molecule has 2 aromatic carbocycles. The van der Waals surface area contributed by atoms with Crippen molar-refractivity contribution < 1.29 is 14.0 Å². The maximum absolute atomic E-state index is 13.7. The Morgan fingerprint density at radius 1 is 1.05 bits per heavy atom. The summed E-state index contributed by atoms with van der Waals surface area (Å²) in [6, 6.07) is 13.7. The van der Waals surface area contributed by atoms with Crippen LogP contribution in [0.5, 0.6) is 11.5 Å². The molecule has 1 unspecified atom stereocenters. The molecule has 1 atom stereocenters. The van der Waals surface area contributed by atoms with Crippen molar-refractivity contribution in [3.05, 3.63) is 42.5 Å². The maximum Gasteiger partial charge on any atom is 0.160 e. The van der Waals surface area contributed by atoms with Crippen molar-refractivity contribution in [2.75, 3.05) is 13.5 Å². The van der Waals surface area contributed by atoms with Crippen LogP contribution in [0.2, 0.25) is 0 Å². The topological polar surface area (TPSA) is 35.5 Å². The number of benzene rings is 2. The summed E-state index contributed by atoms with van der Waals surface area (Å²) in [6.45, 7) is 6.06. The fourth-order valence-electron chi connectivity index (χ4n) is 2.85. The first-order chi connectivity index (χ1) is 10.4. The second-order valence-corrected chi connectivity index (χ2v) is 10.1. The van der Waals surface area contributed by atoms with Crippen LogP contribution in [0.1, 0.15) is 20.8 Å². The van der Waals surface area contributed by atoms with Gasteiger partial charge in [0.15, 0.2) is 7.14 Å². The Hall–Kier alpha value is -1.73. The SMILES string of the molecule is COc1ccccc1-c1cccc2c1P(=O)(C(C)(C)C)CO2. The molecule has 22 heavy (non-hydrogen) atoms. The number of hydrogen-bond acceptors (Lipinski definition) is 3. The molecule has 1 aliphatic rings. The summed E-state index contributed by atoms with van der Waals surface area (Å²) in [5, 5.41) is 0.517. The molecule has 0 amide bonds.